The highest BCUT2D eigenvalue weighted by molar-refractivity contribution is 5.92. The fourth-order valence-corrected chi connectivity index (χ4v) is 4.33. The third-order valence-corrected chi connectivity index (χ3v) is 6.45. The number of aryl methyl sites for hydroxylation is 1. The number of rotatable bonds is 8. The first kappa shape index (κ1) is 28.0. The second-order valence-electron chi connectivity index (χ2n) is 9.23. The van der Waals surface area contributed by atoms with E-state index >= 15 is 0 Å². The van der Waals surface area contributed by atoms with Gasteiger partial charge in [-0.15, -0.1) is 0 Å². The molecule has 0 saturated carbocycles. The van der Waals surface area contributed by atoms with Crippen LogP contribution in [-0.4, -0.2) is 36.7 Å². The van der Waals surface area contributed by atoms with E-state index in [1.165, 1.54) is 18.3 Å². The number of amides is 1. The number of carbonyl (C=O) groups is 2. The number of halogens is 3. The number of nitrogens with two attached hydrogens (primary N) is 1. The van der Waals surface area contributed by atoms with Crippen molar-refractivity contribution in [2.75, 3.05) is 0 Å². The van der Waals surface area contributed by atoms with Crippen LogP contribution >= 0.6 is 0 Å². The molecule has 2 aromatic carbocycles. The van der Waals surface area contributed by atoms with Gasteiger partial charge in [-0.3, -0.25) is 9.78 Å². The van der Waals surface area contributed by atoms with Gasteiger partial charge in [0.1, 0.15) is 17.9 Å². The maximum absolute atomic E-state index is 13.7. The summed E-state index contributed by atoms with van der Waals surface area (Å²) < 4.78 is 47.8. The summed E-state index contributed by atoms with van der Waals surface area (Å²) in [5.74, 6) is -2.06. The van der Waals surface area contributed by atoms with Crippen molar-refractivity contribution in [3.63, 3.8) is 0 Å². The molecule has 0 bridgehead atoms. The molecule has 0 spiro atoms. The highest BCUT2D eigenvalue weighted by Gasteiger charge is 2.41. The van der Waals surface area contributed by atoms with E-state index in [9.17, 15) is 27.9 Å². The van der Waals surface area contributed by atoms with Gasteiger partial charge in [-0.1, -0.05) is 30.3 Å². The fraction of sp³-hybridized carbons (Fsp3) is 0.100. The summed E-state index contributed by atoms with van der Waals surface area (Å²) in [7, 11) is 0. The summed E-state index contributed by atoms with van der Waals surface area (Å²) in [6.07, 6.45) is -2.90. The van der Waals surface area contributed by atoms with Gasteiger partial charge in [-0.05, 0) is 60.5 Å². The van der Waals surface area contributed by atoms with Crippen molar-refractivity contribution in [2.45, 2.75) is 19.7 Å². The van der Waals surface area contributed by atoms with Crippen molar-refractivity contribution in [1.82, 2.24) is 19.7 Å². The average molecular weight is 574 g/mol. The molecule has 3 heterocycles. The zero-order chi connectivity index (χ0) is 30.0. The van der Waals surface area contributed by atoms with Gasteiger partial charge in [0.15, 0.2) is 11.5 Å². The van der Waals surface area contributed by atoms with E-state index in [2.05, 4.69) is 15.1 Å². The van der Waals surface area contributed by atoms with Gasteiger partial charge in [0, 0.05) is 17.3 Å². The highest BCUT2D eigenvalue weighted by atomic mass is 19.4. The Hall–Kier alpha value is -5.52. The predicted molar refractivity (Wildman–Crippen MR) is 146 cm³/mol. The van der Waals surface area contributed by atoms with Crippen LogP contribution in [0.1, 0.15) is 37.5 Å². The maximum atomic E-state index is 13.7. The number of aromatic carboxylic acids is 1. The van der Waals surface area contributed by atoms with E-state index in [4.69, 9.17) is 10.5 Å². The first-order valence-electron chi connectivity index (χ1n) is 12.5. The second kappa shape index (κ2) is 11.2. The van der Waals surface area contributed by atoms with Crippen LogP contribution in [0.5, 0.6) is 5.75 Å². The Kier molecular flexibility index (Phi) is 7.45. The van der Waals surface area contributed by atoms with Crippen molar-refractivity contribution >= 4 is 11.9 Å². The Morgan fingerprint density at radius 2 is 1.76 bits per heavy atom. The van der Waals surface area contributed by atoms with E-state index in [0.29, 0.717) is 39.1 Å². The van der Waals surface area contributed by atoms with E-state index < -0.39 is 29.3 Å². The van der Waals surface area contributed by atoms with Crippen LogP contribution in [0.4, 0.5) is 13.2 Å². The number of benzene rings is 2. The van der Waals surface area contributed by atoms with Gasteiger partial charge in [-0.25, -0.2) is 14.5 Å². The molecule has 42 heavy (non-hydrogen) atoms. The Bertz CT molecular complexity index is 1800. The van der Waals surface area contributed by atoms with Crippen LogP contribution in [0.3, 0.4) is 0 Å². The average Bonchev–Trinajstić information content (AvgIpc) is 3.44. The lowest BCUT2D eigenvalue weighted by atomic mass is 10.0. The smallest absolute Gasteiger partial charge is 0.434 e. The minimum atomic E-state index is -4.97. The summed E-state index contributed by atoms with van der Waals surface area (Å²) in [5, 5.41) is 12.9. The molecule has 0 radical (unpaired) electrons. The predicted octanol–water partition coefficient (Wildman–Crippen LogP) is 5.70. The molecule has 3 N–H and O–H groups in total. The molecule has 0 atom stereocenters. The molecule has 0 saturated heterocycles. The van der Waals surface area contributed by atoms with E-state index in [0.717, 1.165) is 16.7 Å². The number of aromatic nitrogens is 4. The summed E-state index contributed by atoms with van der Waals surface area (Å²) in [5.41, 5.74) is 7.35. The van der Waals surface area contributed by atoms with Crippen molar-refractivity contribution in [3.05, 3.63) is 113 Å². The third-order valence-electron chi connectivity index (χ3n) is 6.45. The van der Waals surface area contributed by atoms with Crippen LogP contribution in [-0.2, 0) is 12.8 Å². The quantitative estimate of drug-likeness (QED) is 0.243. The first-order valence-corrected chi connectivity index (χ1v) is 12.5. The summed E-state index contributed by atoms with van der Waals surface area (Å²) in [6, 6.07) is 20.4. The van der Waals surface area contributed by atoms with Crippen molar-refractivity contribution < 1.29 is 32.6 Å². The normalized spacial score (nSPS) is 11.3. The summed E-state index contributed by atoms with van der Waals surface area (Å²) >= 11 is 0. The van der Waals surface area contributed by atoms with Crippen LogP contribution in [0.25, 0.3) is 28.3 Å². The molecule has 5 rings (SSSR count). The molecule has 0 fully saturated rings. The number of alkyl halides is 3. The standard InChI is InChI=1S/C30H22F3N5O4/c1-17-13-18(23-12-11-19(14-35-23)28(34)39)9-10-20(17)16-42-25-7-3-2-5-21(25)24-6-4-8-26(37-24)38-27(30(31,32)33)22(15-36-38)29(40)41/h2-15H,16H2,1H3,(H2,34,39)(H,40,41). The number of pyridine rings is 2. The van der Waals surface area contributed by atoms with Gasteiger partial charge in [0.05, 0.1) is 23.1 Å². The minimum Gasteiger partial charge on any atom is -0.488 e. The molecule has 12 heteroatoms. The molecule has 9 nitrogen and oxygen atoms in total. The fourth-order valence-electron chi connectivity index (χ4n) is 4.33. The molecule has 0 unspecified atom stereocenters. The third kappa shape index (κ3) is 5.68. The first-order chi connectivity index (χ1) is 20.0. The van der Waals surface area contributed by atoms with Crippen molar-refractivity contribution in [2.24, 2.45) is 5.73 Å². The molecule has 3 aromatic heterocycles. The minimum absolute atomic E-state index is 0.191. The number of nitrogens with zero attached hydrogens (tertiary/aromatic N) is 4. The van der Waals surface area contributed by atoms with E-state index in [1.807, 2.05) is 25.1 Å². The lowest BCUT2D eigenvalue weighted by Gasteiger charge is -2.15. The van der Waals surface area contributed by atoms with Crippen LogP contribution < -0.4 is 10.5 Å². The Labute approximate surface area is 237 Å². The topological polar surface area (TPSA) is 133 Å². The number of carbonyl (C=O) groups excluding carboxylic acids is 1. The number of hydrogen-bond acceptors (Lipinski definition) is 6. The zero-order valence-electron chi connectivity index (χ0n) is 22.0. The molecular weight excluding hydrogens is 551 g/mol. The van der Waals surface area contributed by atoms with Crippen molar-refractivity contribution in [3.8, 4) is 34.1 Å². The van der Waals surface area contributed by atoms with Gasteiger partial charge in [0.25, 0.3) is 0 Å². The Balaban J connectivity index is 1.40. The number of hydrogen-bond donors (Lipinski definition) is 2. The van der Waals surface area contributed by atoms with Crippen molar-refractivity contribution in [1.29, 1.82) is 0 Å². The van der Waals surface area contributed by atoms with Crippen LogP contribution in [0, 0.1) is 6.92 Å². The molecular formula is C30H22F3N5O4. The van der Waals surface area contributed by atoms with E-state index in [-0.39, 0.29) is 12.4 Å². The number of ether oxygens (including phenoxy) is 1. The zero-order valence-corrected chi connectivity index (χ0v) is 22.0. The lowest BCUT2D eigenvalue weighted by molar-refractivity contribution is -0.143. The largest absolute Gasteiger partial charge is 0.488 e. The number of primary amides is 1. The summed E-state index contributed by atoms with van der Waals surface area (Å²) in [4.78, 5) is 31.3. The SMILES string of the molecule is Cc1cc(-c2ccc(C(N)=O)cn2)ccc1COc1ccccc1-c1cccc(-n2ncc(C(=O)O)c2C(F)(F)F)n1. The van der Waals surface area contributed by atoms with Gasteiger partial charge in [0.2, 0.25) is 5.91 Å². The molecule has 0 aliphatic rings. The van der Waals surface area contributed by atoms with E-state index in [1.54, 1.807) is 42.5 Å². The number of carboxylic acid groups (broad SMARTS) is 1. The second-order valence-corrected chi connectivity index (χ2v) is 9.23. The van der Waals surface area contributed by atoms with Crippen LogP contribution in [0.2, 0.25) is 0 Å². The van der Waals surface area contributed by atoms with Gasteiger partial charge < -0.3 is 15.6 Å². The molecule has 0 aliphatic carbocycles. The molecule has 1 amide bonds. The number of carboxylic acids is 1. The van der Waals surface area contributed by atoms with Gasteiger partial charge in [-0.2, -0.15) is 18.3 Å². The van der Waals surface area contributed by atoms with Gasteiger partial charge >= 0.3 is 12.1 Å². The highest BCUT2D eigenvalue weighted by Crippen LogP contribution is 2.35. The monoisotopic (exact) mass is 573 g/mol. The molecule has 212 valence electrons. The lowest BCUT2D eigenvalue weighted by Crippen LogP contribution is -2.18. The van der Waals surface area contributed by atoms with Crippen LogP contribution in [0.15, 0.2) is 85.2 Å². The number of para-hydroxylation sites is 1. The Morgan fingerprint density at radius 3 is 2.43 bits per heavy atom. The summed E-state index contributed by atoms with van der Waals surface area (Å²) in [6.45, 7) is 2.11. The molecule has 5 aromatic rings. The molecule has 0 aliphatic heterocycles. The Morgan fingerprint density at radius 1 is 0.976 bits per heavy atom. The maximum Gasteiger partial charge on any atom is 0.434 e.